The second-order valence-electron chi connectivity index (χ2n) is 7.75. The lowest BCUT2D eigenvalue weighted by Gasteiger charge is -2.11. The van der Waals surface area contributed by atoms with Gasteiger partial charge in [0.2, 0.25) is 0 Å². The number of nitrogens with zero attached hydrogens (tertiary/aromatic N) is 2. The second kappa shape index (κ2) is 9.47. The van der Waals surface area contributed by atoms with Crippen molar-refractivity contribution in [2.75, 3.05) is 13.2 Å². The maximum absolute atomic E-state index is 12.3. The van der Waals surface area contributed by atoms with Gasteiger partial charge in [0.1, 0.15) is 11.6 Å². The lowest BCUT2D eigenvalue weighted by molar-refractivity contribution is -0.123. The SMILES string of the molecule is Cc1ccc(C)c(OCC(=O)NCCc2nc3ccccc3n2Cc2ccccc2)c1. The lowest BCUT2D eigenvalue weighted by atomic mass is 10.1. The first kappa shape index (κ1) is 20.7. The van der Waals surface area contributed by atoms with Crippen molar-refractivity contribution in [3.8, 4) is 5.75 Å². The standard InChI is InChI=1S/C26H27N3O2/c1-19-12-13-20(2)24(16-19)31-18-26(30)27-15-14-25-28-22-10-6-7-11-23(22)29(25)17-21-8-4-3-5-9-21/h3-13,16H,14-15,17-18H2,1-2H3,(H,27,30). The number of imidazole rings is 1. The van der Waals surface area contributed by atoms with Crippen LogP contribution in [-0.2, 0) is 17.8 Å². The maximum atomic E-state index is 12.3. The quantitative estimate of drug-likeness (QED) is 0.465. The Kier molecular flexibility index (Phi) is 6.32. The van der Waals surface area contributed by atoms with Crippen LogP contribution in [0.1, 0.15) is 22.5 Å². The van der Waals surface area contributed by atoms with E-state index >= 15 is 0 Å². The van der Waals surface area contributed by atoms with Gasteiger partial charge in [0.25, 0.3) is 5.91 Å². The number of fused-ring (bicyclic) bond motifs is 1. The zero-order chi connectivity index (χ0) is 21.6. The van der Waals surface area contributed by atoms with Gasteiger partial charge in [-0.1, -0.05) is 54.6 Å². The second-order valence-corrected chi connectivity index (χ2v) is 7.75. The third-order valence-corrected chi connectivity index (χ3v) is 5.29. The van der Waals surface area contributed by atoms with Crippen molar-refractivity contribution < 1.29 is 9.53 Å². The number of carbonyl (C=O) groups excluding carboxylic acids is 1. The normalized spacial score (nSPS) is 10.9. The molecule has 0 fully saturated rings. The summed E-state index contributed by atoms with van der Waals surface area (Å²) in [7, 11) is 0. The number of benzene rings is 3. The van der Waals surface area contributed by atoms with Crippen LogP contribution >= 0.6 is 0 Å². The van der Waals surface area contributed by atoms with Gasteiger partial charge in [0.15, 0.2) is 6.61 Å². The summed E-state index contributed by atoms with van der Waals surface area (Å²) in [6.45, 7) is 5.25. The summed E-state index contributed by atoms with van der Waals surface area (Å²) in [6.07, 6.45) is 0.650. The highest BCUT2D eigenvalue weighted by molar-refractivity contribution is 5.78. The van der Waals surface area contributed by atoms with Crippen molar-refractivity contribution in [2.45, 2.75) is 26.8 Å². The van der Waals surface area contributed by atoms with Crippen LogP contribution in [0.5, 0.6) is 5.75 Å². The summed E-state index contributed by atoms with van der Waals surface area (Å²) < 4.78 is 7.93. The topological polar surface area (TPSA) is 56.1 Å². The van der Waals surface area contributed by atoms with Crippen LogP contribution in [0.3, 0.4) is 0 Å². The number of hydrogen-bond acceptors (Lipinski definition) is 3. The number of aryl methyl sites for hydroxylation is 2. The van der Waals surface area contributed by atoms with Gasteiger partial charge in [0.05, 0.1) is 11.0 Å². The number of rotatable bonds is 8. The van der Waals surface area contributed by atoms with E-state index in [4.69, 9.17) is 9.72 Å². The number of hydrogen-bond donors (Lipinski definition) is 1. The summed E-state index contributed by atoms with van der Waals surface area (Å²) in [4.78, 5) is 17.1. The summed E-state index contributed by atoms with van der Waals surface area (Å²) in [5.74, 6) is 1.58. The van der Waals surface area contributed by atoms with Crippen molar-refractivity contribution >= 4 is 16.9 Å². The fraction of sp³-hybridized carbons (Fsp3) is 0.231. The molecule has 1 heterocycles. The first-order valence-corrected chi connectivity index (χ1v) is 10.5. The van der Waals surface area contributed by atoms with E-state index in [1.807, 2.05) is 68.4 Å². The van der Waals surface area contributed by atoms with E-state index in [-0.39, 0.29) is 12.5 Å². The Hall–Kier alpha value is -3.60. The first-order valence-electron chi connectivity index (χ1n) is 10.5. The van der Waals surface area contributed by atoms with E-state index in [9.17, 15) is 4.79 Å². The van der Waals surface area contributed by atoms with Crippen LogP contribution in [0.2, 0.25) is 0 Å². The minimum absolute atomic E-state index is 0.00469. The highest BCUT2D eigenvalue weighted by atomic mass is 16.5. The third-order valence-electron chi connectivity index (χ3n) is 5.29. The molecule has 3 aromatic carbocycles. The molecule has 31 heavy (non-hydrogen) atoms. The maximum Gasteiger partial charge on any atom is 0.257 e. The van der Waals surface area contributed by atoms with Crippen LogP contribution in [0.15, 0.2) is 72.8 Å². The van der Waals surface area contributed by atoms with Gasteiger partial charge in [-0.2, -0.15) is 0 Å². The Labute approximate surface area is 182 Å². The minimum atomic E-state index is -0.133. The fourth-order valence-corrected chi connectivity index (χ4v) is 3.63. The van der Waals surface area contributed by atoms with E-state index in [1.54, 1.807) is 0 Å². The predicted octanol–water partition coefficient (Wildman–Crippen LogP) is 4.44. The highest BCUT2D eigenvalue weighted by Gasteiger charge is 2.12. The van der Waals surface area contributed by atoms with Crippen molar-refractivity contribution in [1.82, 2.24) is 14.9 Å². The third kappa shape index (κ3) is 5.12. The molecule has 0 aliphatic carbocycles. The summed E-state index contributed by atoms with van der Waals surface area (Å²) in [6, 6.07) is 24.5. The van der Waals surface area contributed by atoms with Crippen LogP contribution < -0.4 is 10.1 Å². The molecule has 1 amide bonds. The average Bonchev–Trinajstić information content (AvgIpc) is 3.12. The van der Waals surface area contributed by atoms with Gasteiger partial charge >= 0.3 is 0 Å². The average molecular weight is 414 g/mol. The molecule has 5 heteroatoms. The molecule has 0 aliphatic heterocycles. The Morgan fingerprint density at radius 3 is 2.61 bits per heavy atom. The van der Waals surface area contributed by atoms with Gasteiger partial charge in [-0.25, -0.2) is 4.98 Å². The number of ether oxygens (including phenoxy) is 1. The predicted molar refractivity (Wildman–Crippen MR) is 123 cm³/mol. The number of aromatic nitrogens is 2. The molecule has 0 saturated carbocycles. The first-order chi connectivity index (χ1) is 15.1. The molecule has 0 unspecified atom stereocenters. The Balaban J connectivity index is 1.39. The minimum Gasteiger partial charge on any atom is -0.483 e. The van der Waals surface area contributed by atoms with E-state index in [0.717, 1.165) is 40.3 Å². The van der Waals surface area contributed by atoms with Crippen LogP contribution in [0.25, 0.3) is 11.0 Å². The molecule has 4 aromatic rings. The molecule has 1 aromatic heterocycles. The van der Waals surface area contributed by atoms with Crippen LogP contribution in [0.4, 0.5) is 0 Å². The van der Waals surface area contributed by atoms with Gasteiger partial charge in [0, 0.05) is 19.5 Å². The molecule has 0 radical (unpaired) electrons. The zero-order valence-electron chi connectivity index (χ0n) is 18.0. The van der Waals surface area contributed by atoms with Crippen molar-refractivity contribution in [3.05, 3.63) is 95.3 Å². The Morgan fingerprint density at radius 2 is 1.77 bits per heavy atom. The molecular formula is C26H27N3O2. The number of nitrogens with one attached hydrogen (secondary N) is 1. The molecule has 0 atom stereocenters. The smallest absolute Gasteiger partial charge is 0.257 e. The van der Waals surface area contributed by atoms with Gasteiger partial charge in [-0.15, -0.1) is 0 Å². The molecular weight excluding hydrogens is 386 g/mol. The van der Waals surface area contributed by atoms with E-state index in [1.165, 1.54) is 5.56 Å². The van der Waals surface area contributed by atoms with E-state index < -0.39 is 0 Å². The van der Waals surface area contributed by atoms with E-state index in [2.05, 4.69) is 28.1 Å². The van der Waals surface area contributed by atoms with Gasteiger partial charge in [-0.3, -0.25) is 4.79 Å². The molecule has 158 valence electrons. The van der Waals surface area contributed by atoms with Crippen molar-refractivity contribution in [1.29, 1.82) is 0 Å². The Morgan fingerprint density at radius 1 is 1.00 bits per heavy atom. The van der Waals surface area contributed by atoms with Crippen molar-refractivity contribution in [3.63, 3.8) is 0 Å². The summed E-state index contributed by atoms with van der Waals surface area (Å²) in [5.41, 5.74) is 5.42. The molecule has 0 aliphatic rings. The summed E-state index contributed by atoms with van der Waals surface area (Å²) in [5, 5.41) is 2.95. The van der Waals surface area contributed by atoms with Crippen molar-refractivity contribution in [2.24, 2.45) is 0 Å². The lowest BCUT2D eigenvalue weighted by Crippen LogP contribution is -2.31. The van der Waals surface area contributed by atoms with Crippen LogP contribution in [0, 0.1) is 13.8 Å². The highest BCUT2D eigenvalue weighted by Crippen LogP contribution is 2.19. The molecule has 5 nitrogen and oxygen atoms in total. The van der Waals surface area contributed by atoms with Gasteiger partial charge < -0.3 is 14.6 Å². The molecule has 4 rings (SSSR count). The number of para-hydroxylation sites is 2. The molecule has 0 spiro atoms. The van der Waals surface area contributed by atoms with E-state index in [0.29, 0.717) is 13.0 Å². The monoisotopic (exact) mass is 413 g/mol. The largest absolute Gasteiger partial charge is 0.483 e. The fourth-order valence-electron chi connectivity index (χ4n) is 3.63. The van der Waals surface area contributed by atoms with Crippen LogP contribution in [-0.4, -0.2) is 28.6 Å². The summed E-state index contributed by atoms with van der Waals surface area (Å²) >= 11 is 0. The zero-order valence-corrected chi connectivity index (χ0v) is 18.0. The molecule has 1 N–H and O–H groups in total. The molecule has 0 saturated heterocycles. The number of amides is 1. The van der Waals surface area contributed by atoms with Gasteiger partial charge in [-0.05, 0) is 48.7 Å². The Bertz CT molecular complexity index is 1180. The molecule has 0 bridgehead atoms. The number of carbonyl (C=O) groups is 1.